The molecule has 0 aliphatic rings. The number of fused-ring (bicyclic) bond motifs is 1. The Morgan fingerprint density at radius 2 is 2.00 bits per heavy atom. The average Bonchev–Trinajstić information content (AvgIpc) is 2.80. The molecule has 1 aromatic carbocycles. The molecule has 0 saturated carbocycles. The lowest BCUT2D eigenvalue weighted by molar-refractivity contribution is 0.478. The van der Waals surface area contributed by atoms with Crippen molar-refractivity contribution in [1.29, 1.82) is 0 Å². The monoisotopic (exact) mass is 239 g/mol. The normalized spacial score (nSPS) is 10.8. The van der Waals surface area contributed by atoms with Crippen LogP contribution >= 0.6 is 0 Å². The summed E-state index contributed by atoms with van der Waals surface area (Å²) in [5, 5.41) is 4.05. The molecule has 0 aliphatic heterocycles. The zero-order valence-electron chi connectivity index (χ0n) is 10.3. The Morgan fingerprint density at radius 3 is 2.83 bits per heavy atom. The van der Waals surface area contributed by atoms with E-state index >= 15 is 0 Å². The molecule has 0 amide bonds. The van der Waals surface area contributed by atoms with E-state index in [1.54, 1.807) is 4.52 Å². The average molecular weight is 239 g/mol. The maximum Gasteiger partial charge on any atom is 0.158 e. The molecule has 0 N–H and O–H groups in total. The third-order valence-corrected chi connectivity index (χ3v) is 2.81. The molecule has 0 bridgehead atoms. The molecule has 18 heavy (non-hydrogen) atoms. The number of ether oxygens (including phenoxy) is 1. The van der Waals surface area contributed by atoms with Crippen LogP contribution in [0.3, 0.4) is 0 Å². The van der Waals surface area contributed by atoms with Crippen LogP contribution < -0.4 is 4.74 Å². The van der Waals surface area contributed by atoms with E-state index < -0.39 is 0 Å². The van der Waals surface area contributed by atoms with Gasteiger partial charge in [-0.05, 0) is 31.5 Å². The third-order valence-electron chi connectivity index (χ3n) is 2.81. The van der Waals surface area contributed by atoms with Gasteiger partial charge in [-0.15, -0.1) is 0 Å². The molecular formula is C14H13N3O. The van der Waals surface area contributed by atoms with Crippen LogP contribution in [-0.2, 0) is 0 Å². The van der Waals surface area contributed by atoms with Crippen molar-refractivity contribution < 1.29 is 4.74 Å². The first-order valence-electron chi connectivity index (χ1n) is 5.77. The van der Waals surface area contributed by atoms with E-state index in [9.17, 15) is 0 Å². The summed E-state index contributed by atoms with van der Waals surface area (Å²) in [6, 6.07) is 9.87. The quantitative estimate of drug-likeness (QED) is 0.689. The molecule has 0 radical (unpaired) electrons. The molecule has 0 aliphatic carbocycles. The SMILES string of the molecule is Cc1ccc(Oc2ccn3ncnc3c2)c(C)c1. The molecule has 2 aromatic heterocycles. The van der Waals surface area contributed by atoms with E-state index in [0.717, 1.165) is 22.7 Å². The highest BCUT2D eigenvalue weighted by atomic mass is 16.5. The van der Waals surface area contributed by atoms with Gasteiger partial charge in [0.05, 0.1) is 0 Å². The Kier molecular flexibility index (Phi) is 2.48. The standard InChI is InChI=1S/C14H13N3O/c1-10-3-4-13(11(2)7-10)18-12-5-6-17-14(8-12)15-9-16-17/h3-9H,1-2H3. The van der Waals surface area contributed by atoms with Crippen LogP contribution in [0.25, 0.3) is 5.65 Å². The number of pyridine rings is 1. The van der Waals surface area contributed by atoms with Crippen molar-refractivity contribution in [3.8, 4) is 11.5 Å². The summed E-state index contributed by atoms with van der Waals surface area (Å²) in [4.78, 5) is 4.13. The van der Waals surface area contributed by atoms with Gasteiger partial charge in [0.25, 0.3) is 0 Å². The second-order valence-corrected chi connectivity index (χ2v) is 4.30. The van der Waals surface area contributed by atoms with Gasteiger partial charge in [-0.1, -0.05) is 17.7 Å². The van der Waals surface area contributed by atoms with Gasteiger partial charge in [0.15, 0.2) is 5.65 Å². The predicted octanol–water partition coefficient (Wildman–Crippen LogP) is 3.14. The fourth-order valence-electron chi connectivity index (χ4n) is 1.90. The summed E-state index contributed by atoms with van der Waals surface area (Å²) in [5.41, 5.74) is 3.13. The van der Waals surface area contributed by atoms with Gasteiger partial charge in [0.2, 0.25) is 0 Å². The van der Waals surface area contributed by atoms with Crippen molar-refractivity contribution in [2.45, 2.75) is 13.8 Å². The van der Waals surface area contributed by atoms with E-state index in [0.29, 0.717) is 0 Å². The Labute approximate surface area is 105 Å². The second kappa shape index (κ2) is 4.14. The second-order valence-electron chi connectivity index (χ2n) is 4.30. The number of aryl methyl sites for hydroxylation is 2. The van der Waals surface area contributed by atoms with Crippen LogP contribution in [0.4, 0.5) is 0 Å². The van der Waals surface area contributed by atoms with Gasteiger partial charge in [0.1, 0.15) is 17.8 Å². The maximum atomic E-state index is 5.86. The van der Waals surface area contributed by atoms with Gasteiger partial charge >= 0.3 is 0 Å². The maximum absolute atomic E-state index is 5.86. The van der Waals surface area contributed by atoms with Gasteiger partial charge in [0, 0.05) is 12.3 Å². The van der Waals surface area contributed by atoms with E-state index in [1.165, 1.54) is 11.9 Å². The van der Waals surface area contributed by atoms with Crippen molar-refractivity contribution in [2.75, 3.05) is 0 Å². The molecule has 3 rings (SSSR count). The summed E-state index contributed by atoms with van der Waals surface area (Å²) in [7, 11) is 0. The van der Waals surface area contributed by atoms with Crippen LogP contribution in [-0.4, -0.2) is 14.6 Å². The van der Waals surface area contributed by atoms with Crippen LogP contribution in [0.2, 0.25) is 0 Å². The van der Waals surface area contributed by atoms with Crippen LogP contribution in [0.1, 0.15) is 11.1 Å². The summed E-state index contributed by atoms with van der Waals surface area (Å²) in [5.74, 6) is 1.63. The predicted molar refractivity (Wildman–Crippen MR) is 69.0 cm³/mol. The molecule has 0 saturated heterocycles. The smallest absolute Gasteiger partial charge is 0.158 e. The number of benzene rings is 1. The fraction of sp³-hybridized carbons (Fsp3) is 0.143. The lowest BCUT2D eigenvalue weighted by Gasteiger charge is -2.09. The lowest BCUT2D eigenvalue weighted by Crippen LogP contribution is -1.91. The molecule has 2 heterocycles. The number of aromatic nitrogens is 3. The molecule has 3 aromatic rings. The fourth-order valence-corrected chi connectivity index (χ4v) is 1.90. The van der Waals surface area contributed by atoms with Crippen molar-refractivity contribution in [2.24, 2.45) is 0 Å². The van der Waals surface area contributed by atoms with E-state index in [-0.39, 0.29) is 0 Å². The molecule has 0 atom stereocenters. The first-order chi connectivity index (χ1) is 8.72. The summed E-state index contributed by atoms with van der Waals surface area (Å²) in [6.07, 6.45) is 3.36. The summed E-state index contributed by atoms with van der Waals surface area (Å²) >= 11 is 0. The van der Waals surface area contributed by atoms with Gasteiger partial charge in [-0.25, -0.2) is 9.50 Å². The highest BCUT2D eigenvalue weighted by molar-refractivity contribution is 5.45. The minimum atomic E-state index is 0.766. The molecule has 0 unspecified atom stereocenters. The molecule has 0 fully saturated rings. The first kappa shape index (κ1) is 10.8. The van der Waals surface area contributed by atoms with Crippen molar-refractivity contribution >= 4 is 5.65 Å². The molecule has 90 valence electrons. The van der Waals surface area contributed by atoms with E-state index in [4.69, 9.17) is 4.74 Å². The summed E-state index contributed by atoms with van der Waals surface area (Å²) in [6.45, 7) is 4.11. The van der Waals surface area contributed by atoms with Crippen molar-refractivity contribution in [1.82, 2.24) is 14.6 Å². The number of hydrogen-bond donors (Lipinski definition) is 0. The Bertz CT molecular complexity index is 703. The Morgan fingerprint density at radius 1 is 1.11 bits per heavy atom. The topological polar surface area (TPSA) is 39.4 Å². The Balaban J connectivity index is 1.95. The van der Waals surface area contributed by atoms with Crippen LogP contribution in [0, 0.1) is 13.8 Å². The lowest BCUT2D eigenvalue weighted by atomic mass is 10.1. The zero-order valence-corrected chi connectivity index (χ0v) is 10.3. The Hall–Kier alpha value is -2.36. The molecule has 4 heteroatoms. The van der Waals surface area contributed by atoms with Crippen molar-refractivity contribution in [3.63, 3.8) is 0 Å². The van der Waals surface area contributed by atoms with Gasteiger partial charge in [-0.3, -0.25) is 0 Å². The minimum absolute atomic E-state index is 0.766. The molecule has 0 spiro atoms. The molecule has 4 nitrogen and oxygen atoms in total. The van der Waals surface area contributed by atoms with Crippen molar-refractivity contribution in [3.05, 3.63) is 54.0 Å². The van der Waals surface area contributed by atoms with Crippen LogP contribution in [0.15, 0.2) is 42.9 Å². The van der Waals surface area contributed by atoms with E-state index in [1.807, 2.05) is 37.4 Å². The highest BCUT2D eigenvalue weighted by Crippen LogP contribution is 2.25. The van der Waals surface area contributed by atoms with Gasteiger partial charge < -0.3 is 4.74 Å². The minimum Gasteiger partial charge on any atom is -0.457 e. The largest absolute Gasteiger partial charge is 0.457 e. The third kappa shape index (κ3) is 1.93. The number of nitrogens with zero attached hydrogens (tertiary/aromatic N) is 3. The van der Waals surface area contributed by atoms with Crippen LogP contribution in [0.5, 0.6) is 11.5 Å². The first-order valence-corrected chi connectivity index (χ1v) is 5.77. The van der Waals surface area contributed by atoms with Gasteiger partial charge in [-0.2, -0.15) is 5.10 Å². The zero-order chi connectivity index (χ0) is 12.5. The number of rotatable bonds is 2. The highest BCUT2D eigenvalue weighted by Gasteiger charge is 2.03. The molecular weight excluding hydrogens is 226 g/mol. The van der Waals surface area contributed by atoms with E-state index in [2.05, 4.69) is 23.1 Å². The number of hydrogen-bond acceptors (Lipinski definition) is 3. The summed E-state index contributed by atoms with van der Waals surface area (Å²) < 4.78 is 7.56.